The number of nitrogens with one attached hydrogen (secondary N) is 1. The van der Waals surface area contributed by atoms with Crippen molar-refractivity contribution in [3.05, 3.63) is 59.2 Å². The maximum atomic E-state index is 12.8. The third-order valence-electron chi connectivity index (χ3n) is 4.59. The highest BCUT2D eigenvalue weighted by molar-refractivity contribution is 6.04. The van der Waals surface area contributed by atoms with Gasteiger partial charge in [-0.05, 0) is 32.0 Å². The Morgan fingerprint density at radius 2 is 2.00 bits per heavy atom. The highest BCUT2D eigenvalue weighted by Gasteiger charge is 2.30. The van der Waals surface area contributed by atoms with Gasteiger partial charge in [0.05, 0.1) is 47.4 Å². The van der Waals surface area contributed by atoms with Crippen molar-refractivity contribution in [2.24, 2.45) is 0 Å². The largest absolute Gasteiger partial charge is 0.481 e. The van der Waals surface area contributed by atoms with Gasteiger partial charge in [0.1, 0.15) is 5.75 Å². The van der Waals surface area contributed by atoms with Gasteiger partial charge in [-0.3, -0.25) is 14.3 Å². The summed E-state index contributed by atoms with van der Waals surface area (Å²) in [7, 11) is 0. The number of carbonyl (C=O) groups excluding carboxylic acids is 1. The molecule has 0 bridgehead atoms. The van der Waals surface area contributed by atoms with Crippen molar-refractivity contribution < 1.29 is 32.6 Å². The number of rotatable bonds is 8. The topological polar surface area (TPSA) is 111 Å². The van der Waals surface area contributed by atoms with Gasteiger partial charge in [-0.15, -0.1) is 0 Å². The first-order valence-corrected chi connectivity index (χ1v) is 9.44. The van der Waals surface area contributed by atoms with E-state index in [9.17, 15) is 22.8 Å². The molecule has 12 heteroatoms. The Labute approximate surface area is 180 Å². The first-order valence-electron chi connectivity index (χ1n) is 9.44. The van der Waals surface area contributed by atoms with E-state index < -0.39 is 23.6 Å². The Morgan fingerprint density at radius 1 is 1.25 bits per heavy atom. The molecule has 0 saturated heterocycles. The molecule has 3 rings (SSSR count). The molecule has 0 aliphatic rings. The van der Waals surface area contributed by atoms with E-state index in [4.69, 9.17) is 9.84 Å². The van der Waals surface area contributed by atoms with Crippen molar-refractivity contribution in [2.75, 3.05) is 5.32 Å². The number of carboxylic acids is 1. The number of aromatic nitrogens is 4. The number of carbonyl (C=O) groups is 2. The number of anilines is 1. The molecule has 0 fully saturated rings. The van der Waals surface area contributed by atoms with Gasteiger partial charge in [-0.1, -0.05) is 6.07 Å². The lowest BCUT2D eigenvalue weighted by molar-refractivity contribution is -0.138. The fourth-order valence-corrected chi connectivity index (χ4v) is 2.90. The quantitative estimate of drug-likeness (QED) is 0.543. The summed E-state index contributed by atoms with van der Waals surface area (Å²) < 4.78 is 46.8. The van der Waals surface area contributed by atoms with E-state index >= 15 is 0 Å². The third kappa shape index (κ3) is 5.45. The van der Waals surface area contributed by atoms with Gasteiger partial charge in [-0.25, -0.2) is 4.68 Å². The number of halogens is 3. The minimum Gasteiger partial charge on any atom is -0.481 e. The Kier molecular flexibility index (Phi) is 6.51. The number of aliphatic carboxylic acids is 1. The number of hydrogen-bond donors (Lipinski definition) is 2. The molecule has 0 aliphatic heterocycles. The van der Waals surface area contributed by atoms with E-state index in [1.54, 1.807) is 13.8 Å². The minimum atomic E-state index is -4.48. The Morgan fingerprint density at radius 3 is 2.69 bits per heavy atom. The van der Waals surface area contributed by atoms with Crippen LogP contribution in [-0.2, 0) is 24.2 Å². The van der Waals surface area contributed by atoms with Gasteiger partial charge in [0.2, 0.25) is 0 Å². The molecule has 32 heavy (non-hydrogen) atoms. The zero-order valence-corrected chi connectivity index (χ0v) is 17.2. The van der Waals surface area contributed by atoms with E-state index in [-0.39, 0.29) is 31.0 Å². The molecular weight excluding hydrogens is 431 g/mol. The van der Waals surface area contributed by atoms with Gasteiger partial charge in [0.25, 0.3) is 5.91 Å². The number of ether oxygens (including phenoxy) is 1. The summed E-state index contributed by atoms with van der Waals surface area (Å²) in [6.45, 7) is 3.32. The highest BCUT2D eigenvalue weighted by atomic mass is 19.4. The Balaban J connectivity index is 1.67. The van der Waals surface area contributed by atoms with Crippen molar-refractivity contribution in [3.63, 3.8) is 0 Å². The number of alkyl halides is 3. The predicted octanol–water partition coefficient (Wildman–Crippen LogP) is 3.48. The van der Waals surface area contributed by atoms with Gasteiger partial charge in [0, 0.05) is 6.20 Å². The molecule has 1 amide bonds. The van der Waals surface area contributed by atoms with Crippen LogP contribution in [0.3, 0.4) is 0 Å². The first kappa shape index (κ1) is 22.8. The summed E-state index contributed by atoms with van der Waals surface area (Å²) in [5, 5.41) is 19.7. The van der Waals surface area contributed by atoms with Crippen LogP contribution < -0.4 is 10.1 Å². The molecule has 0 atom stereocenters. The molecule has 0 aliphatic carbocycles. The second-order valence-electron chi connectivity index (χ2n) is 6.93. The predicted molar refractivity (Wildman–Crippen MR) is 106 cm³/mol. The average Bonchev–Trinajstić information content (AvgIpc) is 3.30. The van der Waals surface area contributed by atoms with Gasteiger partial charge in [-0.2, -0.15) is 23.4 Å². The normalized spacial score (nSPS) is 11.4. The van der Waals surface area contributed by atoms with Crippen LogP contribution in [0.2, 0.25) is 0 Å². The molecule has 1 aromatic carbocycles. The molecule has 170 valence electrons. The van der Waals surface area contributed by atoms with Crippen molar-refractivity contribution in [1.29, 1.82) is 0 Å². The lowest BCUT2D eigenvalue weighted by atomic mass is 10.2. The molecule has 2 heterocycles. The summed E-state index contributed by atoms with van der Waals surface area (Å²) >= 11 is 0. The fraction of sp³-hybridized carbons (Fsp3) is 0.300. The van der Waals surface area contributed by atoms with Crippen molar-refractivity contribution in [1.82, 2.24) is 19.6 Å². The highest BCUT2D eigenvalue weighted by Crippen LogP contribution is 2.31. The van der Waals surface area contributed by atoms with Crippen LogP contribution in [0, 0.1) is 13.8 Å². The van der Waals surface area contributed by atoms with Gasteiger partial charge < -0.3 is 15.2 Å². The van der Waals surface area contributed by atoms with Gasteiger partial charge in [0.15, 0.2) is 6.73 Å². The van der Waals surface area contributed by atoms with Crippen LogP contribution >= 0.6 is 0 Å². The second kappa shape index (κ2) is 9.12. The molecule has 0 unspecified atom stereocenters. The van der Waals surface area contributed by atoms with Crippen LogP contribution in [0.15, 0.2) is 36.7 Å². The zero-order valence-electron chi connectivity index (χ0n) is 17.2. The molecule has 2 N–H and O–H groups in total. The monoisotopic (exact) mass is 451 g/mol. The summed E-state index contributed by atoms with van der Waals surface area (Å²) in [5.74, 6) is -1.40. The molecular formula is C20H20F3N5O4. The SMILES string of the molecule is Cc1nn(COc2cccc(C(F)(F)F)c2)c(C)c1NC(=O)c1cnn(CCC(=O)O)c1. The lowest BCUT2D eigenvalue weighted by Gasteiger charge is -2.11. The molecule has 2 aromatic heterocycles. The number of benzene rings is 1. The molecule has 0 radical (unpaired) electrons. The smallest absolute Gasteiger partial charge is 0.416 e. The van der Waals surface area contributed by atoms with Crippen molar-refractivity contribution in [2.45, 2.75) is 39.7 Å². The number of amides is 1. The average molecular weight is 451 g/mol. The molecule has 0 saturated carbocycles. The molecule has 3 aromatic rings. The Hall–Kier alpha value is -3.83. The zero-order chi connectivity index (χ0) is 23.5. The first-order chi connectivity index (χ1) is 15.0. The number of hydrogen-bond acceptors (Lipinski definition) is 5. The summed E-state index contributed by atoms with van der Waals surface area (Å²) in [4.78, 5) is 23.2. The number of aryl methyl sites for hydroxylation is 2. The summed E-state index contributed by atoms with van der Waals surface area (Å²) in [6.07, 6.45) is -1.84. The van der Waals surface area contributed by atoms with E-state index in [1.807, 2.05) is 0 Å². The maximum Gasteiger partial charge on any atom is 0.416 e. The van der Waals surface area contributed by atoms with Crippen LogP contribution in [0.25, 0.3) is 0 Å². The van der Waals surface area contributed by atoms with E-state index in [2.05, 4.69) is 15.5 Å². The minimum absolute atomic E-state index is 0.0340. The second-order valence-corrected chi connectivity index (χ2v) is 6.93. The van der Waals surface area contributed by atoms with Crippen LogP contribution in [0.4, 0.5) is 18.9 Å². The number of nitrogens with zero attached hydrogens (tertiary/aromatic N) is 4. The summed E-state index contributed by atoms with van der Waals surface area (Å²) in [5.41, 5.74) is 0.881. The van der Waals surface area contributed by atoms with E-state index in [1.165, 1.54) is 33.9 Å². The molecule has 0 spiro atoms. The number of carboxylic acid groups (broad SMARTS) is 1. The standard InChI is InChI=1S/C20H20F3N5O4/c1-12-18(25-19(31)14-9-24-27(10-14)7-6-17(29)30)13(2)28(26-12)11-32-16-5-3-4-15(8-16)20(21,22)23/h3-5,8-10H,6-7,11H2,1-2H3,(H,25,31)(H,29,30). The van der Waals surface area contributed by atoms with Crippen LogP contribution in [-0.4, -0.2) is 36.5 Å². The van der Waals surface area contributed by atoms with E-state index in [0.29, 0.717) is 17.1 Å². The van der Waals surface area contributed by atoms with Gasteiger partial charge >= 0.3 is 12.1 Å². The molecule has 9 nitrogen and oxygen atoms in total. The van der Waals surface area contributed by atoms with E-state index in [0.717, 1.165) is 12.1 Å². The fourth-order valence-electron chi connectivity index (χ4n) is 2.90. The maximum absolute atomic E-state index is 12.8. The van der Waals surface area contributed by atoms with Crippen LogP contribution in [0.1, 0.15) is 33.7 Å². The van der Waals surface area contributed by atoms with Crippen molar-refractivity contribution >= 4 is 17.6 Å². The Bertz CT molecular complexity index is 1140. The van der Waals surface area contributed by atoms with Crippen LogP contribution in [0.5, 0.6) is 5.75 Å². The third-order valence-corrected chi connectivity index (χ3v) is 4.59. The van der Waals surface area contributed by atoms with Crippen molar-refractivity contribution in [3.8, 4) is 5.75 Å². The lowest BCUT2D eigenvalue weighted by Crippen LogP contribution is -2.13. The summed E-state index contributed by atoms with van der Waals surface area (Å²) in [6, 6.07) is 4.51.